The molecule has 2 atom stereocenters. The number of hydrogen-bond acceptors (Lipinski definition) is 4. The second-order valence-electron chi connectivity index (χ2n) is 6.55. The molecular weight excluding hydrogens is 326 g/mol. The standard InChI is InChI=1S/C18H22ClN3O2/c1-3-6-24-17-10-16(20)15(19)9-14(17)18(23)21-11-7-12-4-5-13(8-11)22(12)2/h1,9-13H,4-8,20H2,2H3,(H,21,23). The maximum absolute atomic E-state index is 12.7. The SMILES string of the molecule is C#CCOc1cc(N)c(Cl)cc1C(=O)NC1CC2CCC(C1)N2C. The van der Waals surface area contributed by atoms with Crippen LogP contribution in [0.3, 0.4) is 0 Å². The van der Waals surface area contributed by atoms with Crippen molar-refractivity contribution in [2.24, 2.45) is 0 Å². The first kappa shape index (κ1) is 16.9. The lowest BCUT2D eigenvalue weighted by atomic mass is 9.97. The second kappa shape index (κ2) is 6.92. The summed E-state index contributed by atoms with van der Waals surface area (Å²) in [6, 6.07) is 4.37. The normalized spacial score (nSPS) is 26.0. The van der Waals surface area contributed by atoms with Crippen LogP contribution >= 0.6 is 11.6 Å². The lowest BCUT2D eigenvalue weighted by Crippen LogP contribution is -2.48. The van der Waals surface area contributed by atoms with Crippen LogP contribution in [0.25, 0.3) is 0 Å². The maximum atomic E-state index is 12.7. The van der Waals surface area contributed by atoms with E-state index in [1.165, 1.54) is 12.8 Å². The molecule has 2 aliphatic heterocycles. The van der Waals surface area contributed by atoms with E-state index in [1.807, 2.05) is 0 Å². The topological polar surface area (TPSA) is 67.6 Å². The second-order valence-corrected chi connectivity index (χ2v) is 6.96. The number of nitrogens with one attached hydrogen (secondary N) is 1. The summed E-state index contributed by atoms with van der Waals surface area (Å²) in [4.78, 5) is 15.2. The van der Waals surface area contributed by atoms with Gasteiger partial charge in [-0.05, 0) is 38.8 Å². The van der Waals surface area contributed by atoms with Gasteiger partial charge in [0.25, 0.3) is 5.91 Å². The molecule has 0 aliphatic carbocycles. The quantitative estimate of drug-likeness (QED) is 0.647. The highest BCUT2D eigenvalue weighted by Gasteiger charge is 2.39. The third-order valence-electron chi connectivity index (χ3n) is 5.09. The molecule has 0 aromatic heterocycles. The van der Waals surface area contributed by atoms with Crippen LogP contribution in [0.5, 0.6) is 5.75 Å². The van der Waals surface area contributed by atoms with Gasteiger partial charge >= 0.3 is 0 Å². The summed E-state index contributed by atoms with van der Waals surface area (Å²) in [5.74, 6) is 2.56. The average Bonchev–Trinajstić information content (AvgIpc) is 2.76. The summed E-state index contributed by atoms with van der Waals surface area (Å²) < 4.78 is 5.46. The number of carbonyl (C=O) groups is 1. The van der Waals surface area contributed by atoms with E-state index in [1.54, 1.807) is 12.1 Å². The lowest BCUT2D eigenvalue weighted by Gasteiger charge is -2.36. The van der Waals surface area contributed by atoms with Gasteiger partial charge in [0.15, 0.2) is 0 Å². The van der Waals surface area contributed by atoms with Crippen LogP contribution in [0.15, 0.2) is 12.1 Å². The van der Waals surface area contributed by atoms with Crippen LogP contribution in [-0.4, -0.2) is 42.6 Å². The van der Waals surface area contributed by atoms with Gasteiger partial charge in [-0.1, -0.05) is 17.5 Å². The van der Waals surface area contributed by atoms with Crippen LogP contribution < -0.4 is 15.8 Å². The molecule has 3 N–H and O–H groups in total. The molecule has 0 radical (unpaired) electrons. The largest absolute Gasteiger partial charge is 0.480 e. The zero-order chi connectivity index (χ0) is 17.3. The first-order chi connectivity index (χ1) is 11.5. The number of piperidine rings is 1. The molecule has 2 fully saturated rings. The van der Waals surface area contributed by atoms with Gasteiger partial charge < -0.3 is 20.7 Å². The van der Waals surface area contributed by atoms with Gasteiger partial charge in [-0.15, -0.1) is 6.42 Å². The molecule has 128 valence electrons. The number of nitrogens with two attached hydrogens (primary N) is 1. The molecule has 2 saturated heterocycles. The third kappa shape index (κ3) is 3.31. The van der Waals surface area contributed by atoms with E-state index < -0.39 is 0 Å². The highest BCUT2D eigenvalue weighted by molar-refractivity contribution is 6.33. The Morgan fingerprint density at radius 3 is 2.75 bits per heavy atom. The van der Waals surface area contributed by atoms with Crippen molar-refractivity contribution < 1.29 is 9.53 Å². The van der Waals surface area contributed by atoms with E-state index >= 15 is 0 Å². The van der Waals surface area contributed by atoms with Crippen molar-refractivity contribution in [3.8, 4) is 18.1 Å². The minimum atomic E-state index is -0.196. The highest BCUT2D eigenvalue weighted by Crippen LogP contribution is 2.35. The number of nitrogen functional groups attached to an aromatic ring is 1. The Bertz CT molecular complexity index is 672. The maximum Gasteiger partial charge on any atom is 0.255 e. The fourth-order valence-corrected chi connectivity index (χ4v) is 3.94. The summed E-state index contributed by atoms with van der Waals surface area (Å²) in [7, 11) is 2.17. The van der Waals surface area contributed by atoms with E-state index in [4.69, 9.17) is 28.5 Å². The predicted molar refractivity (Wildman–Crippen MR) is 95.3 cm³/mol. The number of amides is 1. The minimum Gasteiger partial charge on any atom is -0.480 e. The third-order valence-corrected chi connectivity index (χ3v) is 5.42. The van der Waals surface area contributed by atoms with Gasteiger partial charge in [0.2, 0.25) is 0 Å². The van der Waals surface area contributed by atoms with Gasteiger partial charge in [-0.3, -0.25) is 4.79 Å². The van der Waals surface area contributed by atoms with Crippen molar-refractivity contribution in [1.82, 2.24) is 10.2 Å². The Morgan fingerprint density at radius 2 is 2.12 bits per heavy atom. The molecule has 2 aliphatic rings. The van der Waals surface area contributed by atoms with Crippen LogP contribution in [0.2, 0.25) is 5.02 Å². The Labute approximate surface area is 147 Å². The molecule has 5 nitrogen and oxygen atoms in total. The molecule has 0 spiro atoms. The Morgan fingerprint density at radius 1 is 1.46 bits per heavy atom. The number of halogens is 1. The first-order valence-corrected chi connectivity index (χ1v) is 8.55. The van der Waals surface area contributed by atoms with Crippen LogP contribution in [0, 0.1) is 12.3 Å². The smallest absolute Gasteiger partial charge is 0.255 e. The van der Waals surface area contributed by atoms with Gasteiger partial charge in [0.1, 0.15) is 12.4 Å². The molecule has 2 unspecified atom stereocenters. The molecule has 24 heavy (non-hydrogen) atoms. The van der Waals surface area contributed by atoms with E-state index in [0.29, 0.717) is 34.1 Å². The van der Waals surface area contributed by atoms with Crippen molar-refractivity contribution in [3.05, 3.63) is 22.7 Å². The number of terminal acetylenes is 1. The molecule has 6 heteroatoms. The number of fused-ring (bicyclic) bond motifs is 2. The monoisotopic (exact) mass is 347 g/mol. The number of benzene rings is 1. The van der Waals surface area contributed by atoms with E-state index in [2.05, 4.69) is 23.2 Å². The van der Waals surface area contributed by atoms with Crippen LogP contribution in [0.1, 0.15) is 36.0 Å². The molecule has 1 aromatic rings. The van der Waals surface area contributed by atoms with E-state index in [-0.39, 0.29) is 18.6 Å². The zero-order valence-electron chi connectivity index (χ0n) is 13.7. The summed E-state index contributed by atoms with van der Waals surface area (Å²) in [6.45, 7) is 0.0692. The number of carbonyl (C=O) groups excluding carboxylic acids is 1. The summed E-state index contributed by atoms with van der Waals surface area (Å²) in [5.41, 5.74) is 6.53. The molecular formula is C18H22ClN3O2. The summed E-state index contributed by atoms with van der Waals surface area (Å²) in [5, 5.41) is 3.45. The Kier molecular flexibility index (Phi) is 4.88. The number of rotatable bonds is 4. The summed E-state index contributed by atoms with van der Waals surface area (Å²) >= 11 is 6.07. The Hall–Kier alpha value is -1.90. The average molecular weight is 348 g/mol. The van der Waals surface area contributed by atoms with Crippen molar-refractivity contribution in [2.75, 3.05) is 19.4 Å². The van der Waals surface area contributed by atoms with Crippen molar-refractivity contribution in [1.29, 1.82) is 0 Å². The first-order valence-electron chi connectivity index (χ1n) is 8.17. The fraction of sp³-hybridized carbons (Fsp3) is 0.500. The molecule has 1 amide bonds. The van der Waals surface area contributed by atoms with Crippen molar-refractivity contribution in [3.63, 3.8) is 0 Å². The number of hydrogen-bond donors (Lipinski definition) is 2. The molecule has 2 heterocycles. The predicted octanol–water partition coefficient (Wildman–Crippen LogP) is 2.29. The van der Waals surface area contributed by atoms with Gasteiger partial charge in [-0.25, -0.2) is 0 Å². The molecule has 1 aromatic carbocycles. The molecule has 0 saturated carbocycles. The zero-order valence-corrected chi connectivity index (χ0v) is 14.5. The van der Waals surface area contributed by atoms with E-state index in [0.717, 1.165) is 12.8 Å². The summed E-state index contributed by atoms with van der Waals surface area (Å²) in [6.07, 6.45) is 9.59. The molecule has 3 rings (SSSR count). The number of ether oxygens (including phenoxy) is 1. The lowest BCUT2D eigenvalue weighted by molar-refractivity contribution is 0.0879. The fourth-order valence-electron chi connectivity index (χ4n) is 3.78. The van der Waals surface area contributed by atoms with Crippen molar-refractivity contribution >= 4 is 23.2 Å². The van der Waals surface area contributed by atoms with Gasteiger partial charge in [0.05, 0.1) is 16.3 Å². The van der Waals surface area contributed by atoms with Crippen LogP contribution in [-0.2, 0) is 0 Å². The minimum absolute atomic E-state index is 0.0692. The molecule has 2 bridgehead atoms. The van der Waals surface area contributed by atoms with Gasteiger partial charge in [-0.2, -0.15) is 0 Å². The number of nitrogens with zero attached hydrogens (tertiary/aromatic N) is 1. The Balaban J connectivity index is 1.75. The van der Waals surface area contributed by atoms with Crippen molar-refractivity contribution in [2.45, 2.75) is 43.8 Å². The highest BCUT2D eigenvalue weighted by atomic mass is 35.5. The van der Waals surface area contributed by atoms with Gasteiger partial charge in [0, 0.05) is 24.2 Å². The van der Waals surface area contributed by atoms with Crippen LogP contribution in [0.4, 0.5) is 5.69 Å². The number of anilines is 1. The van der Waals surface area contributed by atoms with E-state index in [9.17, 15) is 4.79 Å².